The first-order valence-corrected chi connectivity index (χ1v) is 9.11. The van der Waals surface area contributed by atoms with Crippen molar-refractivity contribution in [2.45, 2.75) is 13.5 Å². The second-order valence-electron chi connectivity index (χ2n) is 6.60. The largest absolute Gasteiger partial charge is 0.497 e. The maximum absolute atomic E-state index is 12.8. The van der Waals surface area contributed by atoms with Crippen LogP contribution >= 0.6 is 0 Å². The van der Waals surface area contributed by atoms with Crippen molar-refractivity contribution in [2.24, 2.45) is 0 Å². The van der Waals surface area contributed by atoms with Crippen LogP contribution in [-0.2, 0) is 11.3 Å². The number of hydrogen-bond donors (Lipinski definition) is 1. The molecule has 0 bridgehead atoms. The summed E-state index contributed by atoms with van der Waals surface area (Å²) in [5.74, 6) is 1.44. The number of aryl methyl sites for hydroxylation is 1. The van der Waals surface area contributed by atoms with Gasteiger partial charge in [-0.05, 0) is 48.9 Å². The highest BCUT2D eigenvalue weighted by Gasteiger charge is 2.16. The maximum Gasteiger partial charge on any atom is 0.244 e. The number of methoxy groups -OCH3 is 1. The van der Waals surface area contributed by atoms with E-state index >= 15 is 0 Å². The summed E-state index contributed by atoms with van der Waals surface area (Å²) in [4.78, 5) is 17.5. The number of nitrogens with zero attached hydrogens (tertiary/aromatic N) is 2. The average molecular weight is 371 g/mol. The Morgan fingerprint density at radius 2 is 1.71 bits per heavy atom. The van der Waals surface area contributed by atoms with Crippen LogP contribution in [0.3, 0.4) is 0 Å². The fraction of sp³-hybridized carbons (Fsp3) is 0.130. The molecule has 0 unspecified atom stereocenters. The van der Waals surface area contributed by atoms with E-state index in [0.29, 0.717) is 0 Å². The normalized spacial score (nSPS) is 10.8. The van der Waals surface area contributed by atoms with Crippen LogP contribution < -0.4 is 10.1 Å². The summed E-state index contributed by atoms with van der Waals surface area (Å²) in [6.07, 6.45) is 0. The number of anilines is 1. The highest BCUT2D eigenvalue weighted by molar-refractivity contribution is 5.92. The molecule has 0 atom stereocenters. The van der Waals surface area contributed by atoms with E-state index in [1.54, 1.807) is 7.11 Å². The van der Waals surface area contributed by atoms with Crippen LogP contribution in [0.2, 0.25) is 0 Å². The molecule has 5 heteroatoms. The lowest BCUT2D eigenvalue weighted by Crippen LogP contribution is -2.19. The van der Waals surface area contributed by atoms with Crippen LogP contribution in [0.4, 0.5) is 5.69 Å². The van der Waals surface area contributed by atoms with Gasteiger partial charge in [-0.1, -0.05) is 36.4 Å². The van der Waals surface area contributed by atoms with E-state index < -0.39 is 0 Å². The molecule has 1 aromatic heterocycles. The molecule has 140 valence electrons. The molecule has 0 saturated carbocycles. The third kappa shape index (κ3) is 3.47. The molecular weight excluding hydrogens is 350 g/mol. The van der Waals surface area contributed by atoms with E-state index in [9.17, 15) is 4.79 Å². The van der Waals surface area contributed by atoms with Gasteiger partial charge in [-0.2, -0.15) is 0 Å². The molecule has 5 nitrogen and oxygen atoms in total. The summed E-state index contributed by atoms with van der Waals surface area (Å²) in [6.45, 7) is 2.23. The molecule has 0 aliphatic heterocycles. The van der Waals surface area contributed by atoms with Gasteiger partial charge in [0.25, 0.3) is 0 Å². The van der Waals surface area contributed by atoms with Gasteiger partial charge < -0.3 is 14.6 Å². The van der Waals surface area contributed by atoms with Crippen molar-refractivity contribution in [3.63, 3.8) is 0 Å². The zero-order valence-corrected chi connectivity index (χ0v) is 15.8. The summed E-state index contributed by atoms with van der Waals surface area (Å²) in [6, 6.07) is 23.2. The molecule has 1 heterocycles. The van der Waals surface area contributed by atoms with Crippen LogP contribution in [0, 0.1) is 6.92 Å². The molecule has 1 N–H and O–H groups in total. The van der Waals surface area contributed by atoms with Gasteiger partial charge in [0.15, 0.2) is 0 Å². The fourth-order valence-corrected chi connectivity index (χ4v) is 3.28. The van der Waals surface area contributed by atoms with Crippen molar-refractivity contribution < 1.29 is 9.53 Å². The Hall–Kier alpha value is -3.60. The van der Waals surface area contributed by atoms with E-state index in [1.165, 1.54) is 0 Å². The minimum Gasteiger partial charge on any atom is -0.497 e. The first kappa shape index (κ1) is 17.8. The van der Waals surface area contributed by atoms with Crippen LogP contribution in [-0.4, -0.2) is 22.6 Å². The SMILES string of the molecule is COc1ccc(NC(=O)Cn2c(-c3ccccc3C)nc3ccccc32)cc1. The quantitative estimate of drug-likeness (QED) is 0.555. The van der Waals surface area contributed by atoms with Crippen molar-refractivity contribution in [1.29, 1.82) is 0 Å². The summed E-state index contributed by atoms with van der Waals surface area (Å²) in [5, 5.41) is 2.95. The van der Waals surface area contributed by atoms with Gasteiger partial charge in [-0.25, -0.2) is 4.98 Å². The molecule has 0 spiro atoms. The first-order valence-electron chi connectivity index (χ1n) is 9.11. The number of fused-ring (bicyclic) bond motifs is 1. The Balaban J connectivity index is 1.68. The first-order chi connectivity index (χ1) is 13.7. The van der Waals surface area contributed by atoms with Crippen LogP contribution in [0.15, 0.2) is 72.8 Å². The van der Waals surface area contributed by atoms with Crippen molar-refractivity contribution in [3.8, 4) is 17.1 Å². The van der Waals surface area contributed by atoms with E-state index in [-0.39, 0.29) is 12.5 Å². The number of nitrogens with one attached hydrogen (secondary N) is 1. The zero-order chi connectivity index (χ0) is 19.5. The molecule has 0 aliphatic rings. The summed E-state index contributed by atoms with van der Waals surface area (Å²) in [5.41, 5.74) is 4.68. The molecule has 0 radical (unpaired) electrons. The highest BCUT2D eigenvalue weighted by atomic mass is 16.5. The molecular formula is C23H21N3O2. The Morgan fingerprint density at radius 3 is 2.46 bits per heavy atom. The number of aromatic nitrogens is 2. The van der Waals surface area contributed by atoms with E-state index in [1.807, 2.05) is 71.3 Å². The third-order valence-corrected chi connectivity index (χ3v) is 4.72. The number of carbonyl (C=O) groups is 1. The van der Waals surface area contributed by atoms with Crippen LogP contribution in [0.1, 0.15) is 5.56 Å². The van der Waals surface area contributed by atoms with Gasteiger partial charge in [0.05, 0.1) is 18.1 Å². The van der Waals surface area contributed by atoms with E-state index in [2.05, 4.69) is 18.3 Å². The highest BCUT2D eigenvalue weighted by Crippen LogP contribution is 2.27. The monoisotopic (exact) mass is 371 g/mol. The molecule has 3 aromatic carbocycles. The third-order valence-electron chi connectivity index (χ3n) is 4.72. The Labute approximate surface area is 163 Å². The molecule has 28 heavy (non-hydrogen) atoms. The van der Waals surface area contributed by atoms with Gasteiger partial charge in [-0.3, -0.25) is 4.79 Å². The lowest BCUT2D eigenvalue weighted by atomic mass is 10.1. The minimum atomic E-state index is -0.108. The number of para-hydroxylation sites is 2. The number of imidazole rings is 1. The smallest absolute Gasteiger partial charge is 0.244 e. The van der Waals surface area contributed by atoms with E-state index in [4.69, 9.17) is 9.72 Å². The summed E-state index contributed by atoms with van der Waals surface area (Å²) < 4.78 is 7.13. The van der Waals surface area contributed by atoms with Gasteiger partial charge in [0.1, 0.15) is 18.1 Å². The standard InChI is InChI=1S/C23H21N3O2/c1-16-7-3-4-8-19(16)23-25-20-9-5-6-10-21(20)26(23)15-22(27)24-17-11-13-18(28-2)14-12-17/h3-14H,15H2,1-2H3,(H,24,27). The molecule has 0 saturated heterocycles. The minimum absolute atomic E-state index is 0.108. The fourth-order valence-electron chi connectivity index (χ4n) is 3.28. The maximum atomic E-state index is 12.8. The Bertz CT molecular complexity index is 1130. The van der Waals surface area contributed by atoms with Gasteiger partial charge in [-0.15, -0.1) is 0 Å². The number of rotatable bonds is 5. The van der Waals surface area contributed by atoms with Gasteiger partial charge in [0.2, 0.25) is 5.91 Å². The predicted octanol–water partition coefficient (Wildman–Crippen LogP) is 4.66. The van der Waals surface area contributed by atoms with E-state index in [0.717, 1.165) is 39.4 Å². The van der Waals surface area contributed by atoms with Crippen molar-refractivity contribution in [2.75, 3.05) is 12.4 Å². The zero-order valence-electron chi connectivity index (χ0n) is 15.8. The van der Waals surface area contributed by atoms with Crippen molar-refractivity contribution >= 4 is 22.6 Å². The van der Waals surface area contributed by atoms with Crippen LogP contribution in [0.25, 0.3) is 22.4 Å². The molecule has 0 aliphatic carbocycles. The molecule has 1 amide bonds. The summed E-state index contributed by atoms with van der Waals surface area (Å²) >= 11 is 0. The molecule has 4 rings (SSSR count). The topological polar surface area (TPSA) is 56.1 Å². The average Bonchev–Trinajstić information content (AvgIpc) is 3.07. The number of ether oxygens (including phenoxy) is 1. The number of amides is 1. The Morgan fingerprint density at radius 1 is 1.00 bits per heavy atom. The second-order valence-corrected chi connectivity index (χ2v) is 6.60. The lowest BCUT2D eigenvalue weighted by molar-refractivity contribution is -0.116. The summed E-state index contributed by atoms with van der Waals surface area (Å²) in [7, 11) is 1.62. The van der Waals surface area contributed by atoms with Crippen molar-refractivity contribution in [1.82, 2.24) is 9.55 Å². The van der Waals surface area contributed by atoms with Gasteiger partial charge in [0, 0.05) is 11.3 Å². The number of carbonyl (C=O) groups excluding carboxylic acids is 1. The predicted molar refractivity (Wildman–Crippen MR) is 112 cm³/mol. The van der Waals surface area contributed by atoms with Crippen LogP contribution in [0.5, 0.6) is 5.75 Å². The number of hydrogen-bond acceptors (Lipinski definition) is 3. The lowest BCUT2D eigenvalue weighted by Gasteiger charge is -2.12. The van der Waals surface area contributed by atoms with Gasteiger partial charge >= 0.3 is 0 Å². The number of benzene rings is 3. The molecule has 0 fully saturated rings. The van der Waals surface area contributed by atoms with Crippen molar-refractivity contribution in [3.05, 3.63) is 78.4 Å². The molecule has 4 aromatic rings. The second kappa shape index (κ2) is 7.56. The Kier molecular flexibility index (Phi) is 4.81.